The second-order valence-corrected chi connectivity index (χ2v) is 5.26. The number of amides is 2. The zero-order chi connectivity index (χ0) is 12.0. The molecule has 2 bridgehead atoms. The SMILES string of the molecule is O=C1C2C3C=CC(C3)C2C(=O)N1CCCCO. The van der Waals surface area contributed by atoms with E-state index in [0.717, 1.165) is 6.42 Å². The average molecular weight is 235 g/mol. The summed E-state index contributed by atoms with van der Waals surface area (Å²) in [4.78, 5) is 25.8. The minimum absolute atomic E-state index is 0.0230. The molecule has 1 heterocycles. The van der Waals surface area contributed by atoms with Crippen LogP contribution in [0.1, 0.15) is 19.3 Å². The second kappa shape index (κ2) is 3.95. The Hall–Kier alpha value is -1.16. The molecule has 1 N–H and O–H groups in total. The fourth-order valence-electron chi connectivity index (χ4n) is 3.57. The first-order valence-corrected chi connectivity index (χ1v) is 6.38. The first-order valence-electron chi connectivity index (χ1n) is 6.38. The second-order valence-electron chi connectivity index (χ2n) is 5.26. The van der Waals surface area contributed by atoms with Gasteiger partial charge >= 0.3 is 0 Å². The van der Waals surface area contributed by atoms with E-state index in [9.17, 15) is 9.59 Å². The highest BCUT2D eigenvalue weighted by Crippen LogP contribution is 2.52. The van der Waals surface area contributed by atoms with Crippen LogP contribution >= 0.6 is 0 Å². The van der Waals surface area contributed by atoms with Crippen LogP contribution in [0.4, 0.5) is 0 Å². The summed E-state index contributed by atoms with van der Waals surface area (Å²) in [5.41, 5.74) is 0. The molecule has 3 aliphatic rings. The third kappa shape index (κ3) is 1.47. The van der Waals surface area contributed by atoms with Crippen LogP contribution in [-0.4, -0.2) is 35.0 Å². The third-order valence-corrected chi connectivity index (χ3v) is 4.35. The van der Waals surface area contributed by atoms with Crippen molar-refractivity contribution < 1.29 is 14.7 Å². The number of carbonyl (C=O) groups excluding carboxylic acids is 2. The number of nitrogens with zero attached hydrogens (tertiary/aromatic N) is 1. The van der Waals surface area contributed by atoms with Crippen molar-refractivity contribution in [3.63, 3.8) is 0 Å². The predicted octanol–water partition coefficient (Wildman–Crippen LogP) is 0.566. The smallest absolute Gasteiger partial charge is 0.233 e. The highest BCUT2D eigenvalue weighted by atomic mass is 16.3. The van der Waals surface area contributed by atoms with Gasteiger partial charge in [0.25, 0.3) is 0 Å². The van der Waals surface area contributed by atoms with Crippen molar-refractivity contribution in [2.75, 3.05) is 13.2 Å². The minimum Gasteiger partial charge on any atom is -0.396 e. The van der Waals surface area contributed by atoms with Gasteiger partial charge in [-0.15, -0.1) is 0 Å². The molecule has 4 unspecified atom stereocenters. The normalized spacial score (nSPS) is 38.3. The molecule has 3 rings (SSSR count). The van der Waals surface area contributed by atoms with Crippen LogP contribution in [0.15, 0.2) is 12.2 Å². The van der Waals surface area contributed by atoms with Crippen molar-refractivity contribution in [2.45, 2.75) is 19.3 Å². The Morgan fingerprint density at radius 1 is 1.12 bits per heavy atom. The lowest BCUT2D eigenvalue weighted by molar-refractivity contribution is -0.140. The first-order chi connectivity index (χ1) is 8.24. The summed E-state index contributed by atoms with van der Waals surface area (Å²) in [6, 6.07) is 0. The number of hydrogen-bond acceptors (Lipinski definition) is 3. The van der Waals surface area contributed by atoms with E-state index in [0.29, 0.717) is 31.2 Å². The Kier molecular flexibility index (Phi) is 2.54. The monoisotopic (exact) mass is 235 g/mol. The molecule has 4 nitrogen and oxygen atoms in total. The number of carbonyl (C=O) groups is 2. The number of hydrogen-bond donors (Lipinski definition) is 1. The molecule has 4 heteroatoms. The fraction of sp³-hybridized carbons (Fsp3) is 0.692. The van der Waals surface area contributed by atoms with Crippen LogP contribution in [0.5, 0.6) is 0 Å². The minimum atomic E-state index is -0.0772. The van der Waals surface area contributed by atoms with Crippen molar-refractivity contribution in [1.82, 2.24) is 4.90 Å². The van der Waals surface area contributed by atoms with Crippen LogP contribution in [0.25, 0.3) is 0 Å². The van der Waals surface area contributed by atoms with Crippen LogP contribution in [0.2, 0.25) is 0 Å². The number of fused-ring (bicyclic) bond motifs is 5. The maximum Gasteiger partial charge on any atom is 0.233 e. The molecule has 0 aromatic rings. The highest BCUT2D eigenvalue weighted by Gasteiger charge is 2.58. The summed E-state index contributed by atoms with van der Waals surface area (Å²) in [6.07, 6.45) is 6.55. The summed E-state index contributed by atoms with van der Waals surface area (Å²) in [7, 11) is 0. The van der Waals surface area contributed by atoms with Gasteiger partial charge in [0, 0.05) is 13.2 Å². The molecule has 2 aliphatic carbocycles. The Bertz CT molecular complexity index is 360. The molecule has 92 valence electrons. The summed E-state index contributed by atoms with van der Waals surface area (Å²) in [6.45, 7) is 0.598. The lowest BCUT2D eigenvalue weighted by atomic mass is 9.85. The molecule has 17 heavy (non-hydrogen) atoms. The molecule has 1 saturated carbocycles. The molecule has 0 aromatic carbocycles. The summed E-state index contributed by atoms with van der Waals surface area (Å²) < 4.78 is 0. The van der Waals surface area contributed by atoms with E-state index in [1.165, 1.54) is 4.90 Å². The van der Waals surface area contributed by atoms with Gasteiger partial charge in [-0.1, -0.05) is 12.2 Å². The number of aliphatic hydroxyl groups excluding tert-OH is 1. The maximum atomic E-state index is 12.2. The lowest BCUT2D eigenvalue weighted by Crippen LogP contribution is -2.33. The zero-order valence-electron chi connectivity index (χ0n) is 9.71. The Balaban J connectivity index is 1.74. The van der Waals surface area contributed by atoms with E-state index >= 15 is 0 Å². The Labute approximate surface area is 100 Å². The van der Waals surface area contributed by atoms with Crippen LogP contribution < -0.4 is 0 Å². The molecule has 2 amide bonds. The van der Waals surface area contributed by atoms with E-state index in [4.69, 9.17) is 5.11 Å². The number of rotatable bonds is 4. The maximum absolute atomic E-state index is 12.2. The number of unbranched alkanes of at least 4 members (excludes halogenated alkanes) is 1. The van der Waals surface area contributed by atoms with Crippen molar-refractivity contribution in [1.29, 1.82) is 0 Å². The van der Waals surface area contributed by atoms with Gasteiger partial charge in [0.2, 0.25) is 11.8 Å². The standard InChI is InChI=1S/C13H17NO3/c15-6-2-1-5-14-12(16)10-8-3-4-9(7-8)11(10)13(14)17/h3-4,8-11,15H,1-2,5-7H2. The van der Waals surface area contributed by atoms with Gasteiger partial charge in [-0.3, -0.25) is 14.5 Å². The predicted molar refractivity (Wildman–Crippen MR) is 60.8 cm³/mol. The zero-order valence-corrected chi connectivity index (χ0v) is 9.71. The van der Waals surface area contributed by atoms with Gasteiger partial charge in [0.1, 0.15) is 0 Å². The van der Waals surface area contributed by atoms with E-state index < -0.39 is 0 Å². The number of allylic oxidation sites excluding steroid dienone is 2. The number of imide groups is 1. The summed E-state index contributed by atoms with van der Waals surface area (Å²) in [5, 5.41) is 8.73. The van der Waals surface area contributed by atoms with Crippen molar-refractivity contribution in [2.24, 2.45) is 23.7 Å². The van der Waals surface area contributed by atoms with E-state index in [1.54, 1.807) is 0 Å². The fourth-order valence-corrected chi connectivity index (χ4v) is 3.57. The molecule has 0 radical (unpaired) electrons. The van der Waals surface area contributed by atoms with Crippen LogP contribution in [-0.2, 0) is 9.59 Å². The van der Waals surface area contributed by atoms with Crippen molar-refractivity contribution in [3.8, 4) is 0 Å². The van der Waals surface area contributed by atoms with Gasteiger partial charge in [0.05, 0.1) is 11.8 Å². The lowest BCUT2D eigenvalue weighted by Gasteiger charge is -2.16. The molecule has 1 saturated heterocycles. The van der Waals surface area contributed by atoms with E-state index in [-0.39, 0.29) is 30.3 Å². The average Bonchev–Trinajstić information content (AvgIpc) is 2.97. The van der Waals surface area contributed by atoms with Gasteiger partial charge in [-0.2, -0.15) is 0 Å². The quantitative estimate of drug-likeness (QED) is 0.440. The summed E-state index contributed by atoms with van der Waals surface area (Å²) >= 11 is 0. The molecular weight excluding hydrogens is 218 g/mol. The molecule has 4 atom stereocenters. The van der Waals surface area contributed by atoms with Crippen LogP contribution in [0, 0.1) is 23.7 Å². The van der Waals surface area contributed by atoms with Crippen molar-refractivity contribution >= 4 is 11.8 Å². The van der Waals surface area contributed by atoms with Gasteiger partial charge < -0.3 is 5.11 Å². The number of aliphatic hydroxyl groups is 1. The van der Waals surface area contributed by atoms with Crippen molar-refractivity contribution in [3.05, 3.63) is 12.2 Å². The highest BCUT2D eigenvalue weighted by molar-refractivity contribution is 6.06. The van der Waals surface area contributed by atoms with E-state index in [2.05, 4.69) is 12.2 Å². The van der Waals surface area contributed by atoms with Gasteiger partial charge in [0.15, 0.2) is 0 Å². The van der Waals surface area contributed by atoms with Gasteiger partial charge in [-0.05, 0) is 31.1 Å². The van der Waals surface area contributed by atoms with Gasteiger partial charge in [-0.25, -0.2) is 0 Å². The largest absolute Gasteiger partial charge is 0.396 e. The van der Waals surface area contributed by atoms with Crippen LogP contribution in [0.3, 0.4) is 0 Å². The molecule has 0 spiro atoms. The Morgan fingerprint density at radius 2 is 1.71 bits per heavy atom. The molecule has 1 aliphatic heterocycles. The van der Waals surface area contributed by atoms with E-state index in [1.807, 2.05) is 0 Å². The molecule has 0 aromatic heterocycles. The number of likely N-dealkylation sites (tertiary alicyclic amines) is 1. The summed E-state index contributed by atoms with van der Waals surface area (Å²) in [5.74, 6) is 0.483. The Morgan fingerprint density at radius 3 is 2.24 bits per heavy atom. The topological polar surface area (TPSA) is 57.6 Å². The third-order valence-electron chi connectivity index (χ3n) is 4.35. The molecule has 2 fully saturated rings. The first kappa shape index (κ1) is 11.0. The molecular formula is C13H17NO3.